The predicted octanol–water partition coefficient (Wildman–Crippen LogP) is 4.32. The van der Waals surface area contributed by atoms with Crippen molar-refractivity contribution in [3.05, 3.63) is 65.7 Å². The van der Waals surface area contributed by atoms with E-state index in [0.717, 1.165) is 39.1 Å². The van der Waals surface area contributed by atoms with Crippen LogP contribution in [-0.2, 0) is 6.61 Å². The molecular weight excluding hydrogens is 274 g/mol. The van der Waals surface area contributed by atoms with Gasteiger partial charge in [-0.3, -0.25) is 0 Å². The largest absolute Gasteiger partial charge is 0.497 e. The molecular formula is C19H19NO2. The highest BCUT2D eigenvalue weighted by Gasteiger charge is 2.10. The lowest BCUT2D eigenvalue weighted by Gasteiger charge is -2.14. The summed E-state index contributed by atoms with van der Waals surface area (Å²) >= 11 is 0. The van der Waals surface area contributed by atoms with Crippen LogP contribution in [0.1, 0.15) is 11.1 Å². The maximum absolute atomic E-state index is 6.13. The number of rotatable bonds is 4. The smallest absolute Gasteiger partial charge is 0.129 e. The van der Waals surface area contributed by atoms with E-state index >= 15 is 0 Å². The van der Waals surface area contributed by atoms with E-state index in [1.165, 1.54) is 0 Å². The number of hydrogen-bond donors (Lipinski definition) is 1. The second kappa shape index (κ2) is 5.98. The van der Waals surface area contributed by atoms with E-state index < -0.39 is 0 Å². The zero-order chi connectivity index (χ0) is 15.5. The lowest BCUT2D eigenvalue weighted by atomic mass is 10.0. The van der Waals surface area contributed by atoms with Crippen molar-refractivity contribution in [2.24, 2.45) is 0 Å². The molecule has 0 radical (unpaired) electrons. The Labute approximate surface area is 130 Å². The second-order valence-electron chi connectivity index (χ2n) is 5.27. The fourth-order valence-electron chi connectivity index (χ4n) is 2.51. The molecule has 3 nitrogen and oxygen atoms in total. The van der Waals surface area contributed by atoms with Gasteiger partial charge in [-0.25, -0.2) is 0 Å². The molecule has 2 N–H and O–H groups in total. The third-order valence-corrected chi connectivity index (χ3v) is 3.85. The van der Waals surface area contributed by atoms with Crippen LogP contribution >= 0.6 is 0 Å². The summed E-state index contributed by atoms with van der Waals surface area (Å²) in [5.41, 5.74) is 9.02. The predicted molar refractivity (Wildman–Crippen MR) is 90.4 cm³/mol. The molecule has 3 heteroatoms. The Balaban J connectivity index is 2.00. The maximum Gasteiger partial charge on any atom is 0.129 e. The maximum atomic E-state index is 6.13. The van der Waals surface area contributed by atoms with E-state index in [4.69, 9.17) is 15.2 Å². The Morgan fingerprint density at radius 1 is 0.955 bits per heavy atom. The monoisotopic (exact) mass is 293 g/mol. The van der Waals surface area contributed by atoms with Gasteiger partial charge in [-0.05, 0) is 41.6 Å². The minimum atomic E-state index is 0.518. The highest BCUT2D eigenvalue weighted by Crippen LogP contribution is 2.35. The minimum Gasteiger partial charge on any atom is -0.497 e. The number of anilines is 1. The molecule has 0 saturated carbocycles. The van der Waals surface area contributed by atoms with Gasteiger partial charge in [-0.1, -0.05) is 30.3 Å². The van der Waals surface area contributed by atoms with Crippen molar-refractivity contribution < 1.29 is 9.47 Å². The zero-order valence-electron chi connectivity index (χ0n) is 12.8. The Hall–Kier alpha value is -2.68. The molecule has 0 atom stereocenters. The molecule has 22 heavy (non-hydrogen) atoms. The van der Waals surface area contributed by atoms with Gasteiger partial charge in [0.2, 0.25) is 0 Å². The first-order valence-electron chi connectivity index (χ1n) is 7.22. The topological polar surface area (TPSA) is 44.5 Å². The number of methoxy groups -OCH3 is 1. The molecule has 0 aromatic heterocycles. The van der Waals surface area contributed by atoms with Gasteiger partial charge in [0.15, 0.2) is 0 Å². The summed E-state index contributed by atoms with van der Waals surface area (Å²) in [7, 11) is 1.66. The summed E-state index contributed by atoms with van der Waals surface area (Å²) < 4.78 is 11.3. The summed E-state index contributed by atoms with van der Waals surface area (Å²) in [6.07, 6.45) is 0. The van der Waals surface area contributed by atoms with E-state index in [1.54, 1.807) is 7.11 Å². The summed E-state index contributed by atoms with van der Waals surface area (Å²) in [6, 6.07) is 17.9. The standard InChI is InChI=1S/C19H19NO2/c1-13-17-10-15(21-2)8-9-16(17)19(11-18(13)20)22-12-14-6-4-3-5-7-14/h3-11H,12,20H2,1-2H3. The Morgan fingerprint density at radius 2 is 1.73 bits per heavy atom. The van der Waals surface area contributed by atoms with Gasteiger partial charge in [-0.15, -0.1) is 0 Å². The zero-order valence-corrected chi connectivity index (χ0v) is 12.8. The first-order chi connectivity index (χ1) is 10.7. The Kier molecular flexibility index (Phi) is 3.88. The molecule has 3 aromatic carbocycles. The first kappa shape index (κ1) is 14.3. The first-order valence-corrected chi connectivity index (χ1v) is 7.22. The van der Waals surface area contributed by atoms with Gasteiger partial charge in [0.25, 0.3) is 0 Å². The highest BCUT2D eigenvalue weighted by molar-refractivity contribution is 5.95. The van der Waals surface area contributed by atoms with Gasteiger partial charge in [0.1, 0.15) is 18.1 Å². The number of benzene rings is 3. The van der Waals surface area contributed by atoms with Crippen LogP contribution in [0.5, 0.6) is 11.5 Å². The number of nitrogens with two attached hydrogens (primary N) is 1. The van der Waals surface area contributed by atoms with Crippen molar-refractivity contribution in [3.8, 4) is 11.5 Å². The van der Waals surface area contributed by atoms with Gasteiger partial charge in [-0.2, -0.15) is 0 Å². The average Bonchev–Trinajstić information content (AvgIpc) is 2.57. The third kappa shape index (κ3) is 2.70. The van der Waals surface area contributed by atoms with Crippen LogP contribution in [0.3, 0.4) is 0 Å². The summed E-state index contributed by atoms with van der Waals surface area (Å²) in [4.78, 5) is 0. The van der Waals surface area contributed by atoms with Crippen LogP contribution in [0.2, 0.25) is 0 Å². The van der Waals surface area contributed by atoms with Crippen molar-refractivity contribution >= 4 is 16.5 Å². The molecule has 0 spiro atoms. The van der Waals surface area contributed by atoms with Crippen molar-refractivity contribution in [2.45, 2.75) is 13.5 Å². The number of fused-ring (bicyclic) bond motifs is 1. The minimum absolute atomic E-state index is 0.518. The van der Waals surface area contributed by atoms with Crippen molar-refractivity contribution in [1.82, 2.24) is 0 Å². The number of hydrogen-bond acceptors (Lipinski definition) is 3. The molecule has 0 saturated heterocycles. The number of nitrogen functional groups attached to an aromatic ring is 1. The number of aryl methyl sites for hydroxylation is 1. The Bertz CT molecular complexity index is 797. The lowest BCUT2D eigenvalue weighted by molar-refractivity contribution is 0.310. The molecule has 0 fully saturated rings. The van der Waals surface area contributed by atoms with Crippen molar-refractivity contribution in [2.75, 3.05) is 12.8 Å². The van der Waals surface area contributed by atoms with Crippen LogP contribution in [-0.4, -0.2) is 7.11 Å². The molecule has 3 rings (SSSR count). The molecule has 3 aromatic rings. The van der Waals surface area contributed by atoms with E-state index in [0.29, 0.717) is 6.61 Å². The third-order valence-electron chi connectivity index (χ3n) is 3.85. The van der Waals surface area contributed by atoms with E-state index in [-0.39, 0.29) is 0 Å². The highest BCUT2D eigenvalue weighted by atomic mass is 16.5. The molecule has 0 aliphatic heterocycles. The van der Waals surface area contributed by atoms with Gasteiger partial charge in [0.05, 0.1) is 7.11 Å². The molecule has 0 heterocycles. The van der Waals surface area contributed by atoms with E-state index in [2.05, 4.69) is 0 Å². The van der Waals surface area contributed by atoms with Gasteiger partial charge in [0, 0.05) is 17.1 Å². The van der Waals surface area contributed by atoms with Crippen LogP contribution in [0.25, 0.3) is 10.8 Å². The molecule has 0 amide bonds. The van der Waals surface area contributed by atoms with E-state index in [9.17, 15) is 0 Å². The fourth-order valence-corrected chi connectivity index (χ4v) is 2.51. The molecule has 112 valence electrons. The van der Waals surface area contributed by atoms with Crippen LogP contribution in [0.15, 0.2) is 54.6 Å². The van der Waals surface area contributed by atoms with Crippen LogP contribution < -0.4 is 15.2 Å². The van der Waals surface area contributed by atoms with Crippen molar-refractivity contribution in [1.29, 1.82) is 0 Å². The van der Waals surface area contributed by atoms with Crippen LogP contribution in [0.4, 0.5) is 5.69 Å². The van der Waals surface area contributed by atoms with Gasteiger partial charge < -0.3 is 15.2 Å². The molecule has 0 bridgehead atoms. The summed E-state index contributed by atoms with van der Waals surface area (Å²) in [5.74, 6) is 1.61. The molecule has 0 aliphatic carbocycles. The normalized spacial score (nSPS) is 10.6. The van der Waals surface area contributed by atoms with Crippen molar-refractivity contribution in [3.63, 3.8) is 0 Å². The SMILES string of the molecule is COc1ccc2c(OCc3ccccc3)cc(N)c(C)c2c1. The molecule has 0 unspecified atom stereocenters. The lowest BCUT2D eigenvalue weighted by Crippen LogP contribution is -1.99. The quantitative estimate of drug-likeness (QED) is 0.729. The summed E-state index contributed by atoms with van der Waals surface area (Å²) in [5, 5.41) is 2.10. The fraction of sp³-hybridized carbons (Fsp3) is 0.158. The van der Waals surface area contributed by atoms with Crippen LogP contribution in [0, 0.1) is 6.92 Å². The average molecular weight is 293 g/mol. The Morgan fingerprint density at radius 3 is 2.45 bits per heavy atom. The van der Waals surface area contributed by atoms with E-state index in [1.807, 2.05) is 61.5 Å². The van der Waals surface area contributed by atoms with Gasteiger partial charge >= 0.3 is 0 Å². The summed E-state index contributed by atoms with van der Waals surface area (Å²) in [6.45, 7) is 2.53. The second-order valence-corrected chi connectivity index (χ2v) is 5.27. The molecule has 0 aliphatic rings. The number of ether oxygens (including phenoxy) is 2.